The third-order valence-corrected chi connectivity index (χ3v) is 4.40. The van der Waals surface area contributed by atoms with Gasteiger partial charge in [-0.1, -0.05) is 18.2 Å². The molecule has 0 fully saturated rings. The van der Waals surface area contributed by atoms with Crippen LogP contribution >= 0.6 is 0 Å². The van der Waals surface area contributed by atoms with E-state index in [0.717, 1.165) is 23.4 Å². The largest absolute Gasteiger partial charge is 0.506 e. The number of fused-ring (bicyclic) bond motifs is 1. The van der Waals surface area contributed by atoms with Gasteiger partial charge < -0.3 is 15.3 Å². The minimum atomic E-state index is -0.532. The topological polar surface area (TPSA) is 69.6 Å². The lowest BCUT2D eigenvalue weighted by Gasteiger charge is -2.15. The van der Waals surface area contributed by atoms with Crippen LogP contribution in [0.15, 0.2) is 42.5 Å². The molecule has 0 aliphatic carbocycles. The highest BCUT2D eigenvalue weighted by atomic mass is 19.1. The van der Waals surface area contributed by atoms with E-state index >= 15 is 0 Å². The van der Waals surface area contributed by atoms with Crippen LogP contribution in [0.4, 0.5) is 15.8 Å². The number of benzene rings is 2. The van der Waals surface area contributed by atoms with Gasteiger partial charge in [0.15, 0.2) is 0 Å². The van der Waals surface area contributed by atoms with Gasteiger partial charge >= 0.3 is 0 Å². The van der Waals surface area contributed by atoms with E-state index in [1.54, 1.807) is 4.90 Å². The molecule has 1 heterocycles. The summed E-state index contributed by atoms with van der Waals surface area (Å²) < 4.78 is 13.2. The summed E-state index contributed by atoms with van der Waals surface area (Å²) in [6.45, 7) is 2.08. The summed E-state index contributed by atoms with van der Waals surface area (Å²) in [5.74, 6) is -0.964. The molecule has 1 aliphatic heterocycles. The van der Waals surface area contributed by atoms with E-state index in [1.807, 2.05) is 24.3 Å². The molecule has 1 atom stereocenters. The van der Waals surface area contributed by atoms with E-state index < -0.39 is 5.82 Å². The minimum absolute atomic E-state index is 0.0240. The van der Waals surface area contributed by atoms with Crippen molar-refractivity contribution in [1.82, 2.24) is 0 Å². The number of halogens is 1. The molecule has 130 valence electrons. The molecule has 2 aromatic rings. The summed E-state index contributed by atoms with van der Waals surface area (Å²) in [4.78, 5) is 25.6. The van der Waals surface area contributed by atoms with E-state index in [-0.39, 0.29) is 35.6 Å². The maximum atomic E-state index is 13.2. The minimum Gasteiger partial charge on any atom is -0.506 e. The lowest BCUT2D eigenvalue weighted by atomic mass is 9.96. The van der Waals surface area contributed by atoms with E-state index in [9.17, 15) is 19.1 Å². The van der Waals surface area contributed by atoms with Crippen LogP contribution in [-0.4, -0.2) is 23.5 Å². The van der Waals surface area contributed by atoms with Crippen molar-refractivity contribution in [3.63, 3.8) is 0 Å². The van der Waals surface area contributed by atoms with Crippen LogP contribution in [0.1, 0.15) is 31.2 Å². The quantitative estimate of drug-likeness (QED) is 0.837. The number of para-hydroxylation sites is 1. The molecule has 25 heavy (non-hydrogen) atoms. The highest BCUT2D eigenvalue weighted by Crippen LogP contribution is 2.38. The molecular formula is C19H19FN2O3. The van der Waals surface area contributed by atoms with Crippen LogP contribution in [0.3, 0.4) is 0 Å². The molecule has 2 amide bonds. The molecule has 3 rings (SSSR count). The third kappa shape index (κ3) is 3.63. The zero-order valence-electron chi connectivity index (χ0n) is 13.8. The Morgan fingerprint density at radius 1 is 1.28 bits per heavy atom. The van der Waals surface area contributed by atoms with Crippen molar-refractivity contribution in [1.29, 1.82) is 0 Å². The van der Waals surface area contributed by atoms with Gasteiger partial charge in [0.1, 0.15) is 11.6 Å². The average Bonchev–Trinajstić information content (AvgIpc) is 2.95. The smallest absolute Gasteiger partial charge is 0.224 e. The molecule has 6 heteroatoms. The maximum absolute atomic E-state index is 13.2. The normalized spacial score (nSPS) is 15.8. The summed E-state index contributed by atoms with van der Waals surface area (Å²) >= 11 is 0. The first-order chi connectivity index (χ1) is 12.0. The number of amides is 2. The van der Waals surface area contributed by atoms with E-state index in [2.05, 4.69) is 5.32 Å². The number of anilines is 2. The number of nitrogens with zero attached hydrogens (tertiary/aromatic N) is 1. The lowest BCUT2D eigenvalue weighted by molar-refractivity contribution is -0.116. The Labute approximate surface area is 145 Å². The van der Waals surface area contributed by atoms with Crippen molar-refractivity contribution in [3.05, 3.63) is 53.8 Å². The van der Waals surface area contributed by atoms with Gasteiger partial charge in [-0.05, 0) is 30.2 Å². The van der Waals surface area contributed by atoms with Crippen LogP contribution in [-0.2, 0) is 9.59 Å². The number of carbonyl (C=O) groups is 2. The fourth-order valence-electron chi connectivity index (χ4n) is 3.17. The number of phenolic OH excluding ortho intramolecular Hbond substituents is 1. The molecule has 0 bridgehead atoms. The first-order valence-electron chi connectivity index (χ1n) is 8.11. The van der Waals surface area contributed by atoms with Gasteiger partial charge in [0.05, 0.1) is 5.69 Å². The Kier molecular flexibility index (Phi) is 4.70. The summed E-state index contributed by atoms with van der Waals surface area (Å²) in [5, 5.41) is 12.2. The van der Waals surface area contributed by atoms with Gasteiger partial charge in [0.25, 0.3) is 0 Å². The third-order valence-electron chi connectivity index (χ3n) is 4.40. The summed E-state index contributed by atoms with van der Waals surface area (Å²) in [6.07, 6.45) is 0.767. The highest BCUT2D eigenvalue weighted by molar-refractivity contribution is 5.94. The highest BCUT2D eigenvalue weighted by Gasteiger charge is 2.30. The van der Waals surface area contributed by atoms with Crippen LogP contribution in [0.5, 0.6) is 5.75 Å². The first kappa shape index (κ1) is 17.0. The summed E-state index contributed by atoms with van der Waals surface area (Å²) in [5.41, 5.74) is 2.00. The van der Waals surface area contributed by atoms with Crippen molar-refractivity contribution in [2.45, 2.75) is 25.7 Å². The van der Waals surface area contributed by atoms with Crippen LogP contribution in [0, 0.1) is 5.82 Å². The van der Waals surface area contributed by atoms with Gasteiger partial charge in [-0.3, -0.25) is 9.59 Å². The zero-order chi connectivity index (χ0) is 18.0. The van der Waals surface area contributed by atoms with Gasteiger partial charge in [0, 0.05) is 37.6 Å². The zero-order valence-corrected chi connectivity index (χ0v) is 13.8. The van der Waals surface area contributed by atoms with Crippen molar-refractivity contribution in [3.8, 4) is 5.75 Å². The van der Waals surface area contributed by atoms with Crippen molar-refractivity contribution in [2.24, 2.45) is 0 Å². The Morgan fingerprint density at radius 3 is 2.80 bits per heavy atom. The molecule has 0 saturated carbocycles. The first-order valence-corrected chi connectivity index (χ1v) is 8.11. The molecular weight excluding hydrogens is 323 g/mol. The van der Waals surface area contributed by atoms with E-state index in [0.29, 0.717) is 13.0 Å². The number of rotatable bonds is 4. The molecule has 2 aromatic carbocycles. The number of aromatic hydroxyl groups is 1. The number of carbonyl (C=O) groups excluding carboxylic acids is 2. The number of hydrogen-bond donors (Lipinski definition) is 2. The van der Waals surface area contributed by atoms with Gasteiger partial charge in [-0.2, -0.15) is 0 Å². The lowest BCUT2D eigenvalue weighted by Crippen LogP contribution is -2.27. The van der Waals surface area contributed by atoms with Crippen molar-refractivity contribution >= 4 is 23.2 Å². The standard InChI is InChI=1S/C19H19FN2O3/c1-12(23)22-11-13(15-4-2-3-5-17(15)22)6-9-19(25)21-16-10-14(20)7-8-18(16)24/h2-5,7-8,10,13,24H,6,9,11H2,1H3,(H,21,25). The number of hydrogen-bond acceptors (Lipinski definition) is 3. The molecule has 0 radical (unpaired) electrons. The fraction of sp³-hybridized carbons (Fsp3) is 0.263. The van der Waals surface area contributed by atoms with Gasteiger partial charge in [0.2, 0.25) is 11.8 Å². The second-order valence-corrected chi connectivity index (χ2v) is 6.13. The summed E-state index contributed by atoms with van der Waals surface area (Å²) in [7, 11) is 0. The molecule has 2 N–H and O–H groups in total. The predicted molar refractivity (Wildman–Crippen MR) is 93.1 cm³/mol. The Bertz CT molecular complexity index is 822. The van der Waals surface area contributed by atoms with Crippen LogP contribution < -0.4 is 10.2 Å². The van der Waals surface area contributed by atoms with Crippen molar-refractivity contribution in [2.75, 3.05) is 16.8 Å². The van der Waals surface area contributed by atoms with Gasteiger partial charge in [-0.15, -0.1) is 0 Å². The fourth-order valence-corrected chi connectivity index (χ4v) is 3.17. The molecule has 1 unspecified atom stereocenters. The molecule has 0 spiro atoms. The van der Waals surface area contributed by atoms with Crippen LogP contribution in [0.25, 0.3) is 0 Å². The Morgan fingerprint density at radius 2 is 2.04 bits per heavy atom. The molecule has 1 aliphatic rings. The van der Waals surface area contributed by atoms with E-state index in [1.165, 1.54) is 13.0 Å². The summed E-state index contributed by atoms with van der Waals surface area (Å²) in [6, 6.07) is 11.1. The van der Waals surface area contributed by atoms with Gasteiger partial charge in [-0.25, -0.2) is 4.39 Å². The second-order valence-electron chi connectivity index (χ2n) is 6.13. The molecule has 0 aromatic heterocycles. The molecule has 0 saturated heterocycles. The maximum Gasteiger partial charge on any atom is 0.224 e. The Balaban J connectivity index is 1.65. The van der Waals surface area contributed by atoms with Crippen molar-refractivity contribution < 1.29 is 19.1 Å². The number of phenols is 1. The Hall–Kier alpha value is -2.89. The SMILES string of the molecule is CC(=O)N1CC(CCC(=O)Nc2cc(F)ccc2O)c2ccccc21. The average molecular weight is 342 g/mol. The monoisotopic (exact) mass is 342 g/mol. The van der Waals surface area contributed by atoms with E-state index in [4.69, 9.17) is 0 Å². The number of nitrogens with one attached hydrogen (secondary N) is 1. The second kappa shape index (κ2) is 6.93. The molecule has 5 nitrogen and oxygen atoms in total. The van der Waals surface area contributed by atoms with Crippen LogP contribution in [0.2, 0.25) is 0 Å². The predicted octanol–water partition coefficient (Wildman–Crippen LogP) is 3.40.